The highest BCUT2D eigenvalue weighted by molar-refractivity contribution is 6.99. The lowest BCUT2D eigenvalue weighted by atomic mass is 9.38. The van der Waals surface area contributed by atoms with E-state index >= 15 is 0 Å². The fourth-order valence-electron chi connectivity index (χ4n) is 2.50. The molecule has 0 unspecified atom stereocenters. The Bertz CT molecular complexity index is 993. The van der Waals surface area contributed by atoms with Crippen LogP contribution in [0.25, 0.3) is 20.9 Å². The van der Waals surface area contributed by atoms with Crippen molar-refractivity contribution >= 4 is 17.3 Å². The average Bonchev–Trinajstić information content (AvgIpc) is 2.68. The molecule has 0 fully saturated rings. The van der Waals surface area contributed by atoms with Gasteiger partial charge in [0, 0.05) is 0 Å². The van der Waals surface area contributed by atoms with Gasteiger partial charge in [-0.2, -0.15) is 0 Å². The van der Waals surface area contributed by atoms with Crippen LogP contribution in [0.2, 0.25) is 0 Å². The Balaban J connectivity index is 3.28. The van der Waals surface area contributed by atoms with Gasteiger partial charge in [0.05, 0.1) is 0 Å². The molecule has 0 heterocycles. The lowest BCUT2D eigenvalue weighted by molar-refractivity contribution is 0.381. The number of halogens is 10. The first-order valence-electron chi connectivity index (χ1n) is 6.78. The van der Waals surface area contributed by atoms with Gasteiger partial charge < -0.3 is 0 Å². The summed E-state index contributed by atoms with van der Waals surface area (Å²) in [5.74, 6) is -28.1. The second-order valence-corrected chi connectivity index (χ2v) is 5.15. The van der Waals surface area contributed by atoms with Gasteiger partial charge in [0.1, 0.15) is 23.3 Å². The maximum atomic E-state index is 14.2. The van der Waals surface area contributed by atoms with Crippen LogP contribution < -0.4 is 10.9 Å². The molecule has 0 atom stereocenters. The van der Waals surface area contributed by atoms with Crippen molar-refractivity contribution in [1.82, 2.24) is 0 Å². The highest BCUT2D eigenvalue weighted by Crippen LogP contribution is 2.26. The van der Waals surface area contributed by atoms with Crippen LogP contribution >= 0.6 is 0 Å². The summed E-state index contributed by atoms with van der Waals surface area (Å²) in [5, 5.41) is 4.81. The van der Waals surface area contributed by atoms with E-state index in [1.807, 2.05) is 9.82 Å². The second kappa shape index (κ2) is 7.45. The Morgan fingerprint density at radius 1 is 0.448 bits per heavy atom. The van der Waals surface area contributed by atoms with Gasteiger partial charge in [-0.25, -0.2) is 43.9 Å². The molecule has 2 aromatic carbocycles. The summed E-state index contributed by atoms with van der Waals surface area (Å²) >= 11 is 0. The van der Waals surface area contributed by atoms with E-state index in [0.717, 1.165) is 0 Å². The molecule has 2 rings (SSSR count). The summed E-state index contributed by atoms with van der Waals surface area (Å²) in [5.41, 5.74) is 12.3. The summed E-state index contributed by atoms with van der Waals surface area (Å²) in [6.45, 7) is 0. The molecule has 2 aromatic rings. The Hall–Kier alpha value is -3.58. The van der Waals surface area contributed by atoms with E-state index in [4.69, 9.17) is 11.1 Å². The number of hydrogen-bond donors (Lipinski definition) is 0. The van der Waals surface area contributed by atoms with Gasteiger partial charge >= 0.3 is 0 Å². The fourth-order valence-corrected chi connectivity index (χ4v) is 2.50. The largest absolute Gasteiger partial charge is 0.282 e. The van der Waals surface area contributed by atoms with Crippen LogP contribution in [0.1, 0.15) is 0 Å². The van der Waals surface area contributed by atoms with Gasteiger partial charge in [0.2, 0.25) is 6.42 Å². The smallest absolute Gasteiger partial charge is 0.228 e. The molecule has 0 aliphatic heterocycles. The van der Waals surface area contributed by atoms with Gasteiger partial charge in [-0.15, -0.1) is 10.9 Å². The van der Waals surface area contributed by atoms with Gasteiger partial charge in [-0.1, -0.05) is 0 Å². The molecule has 0 N–H and O–H groups in total. The zero-order chi connectivity index (χ0) is 22.3. The fraction of sp³-hybridized carbons (Fsp3) is 0. The first-order valence-corrected chi connectivity index (χ1v) is 6.78. The normalized spacial score (nSPS) is 11.1. The number of rotatable bonds is 4. The minimum atomic E-state index is -5.18. The van der Waals surface area contributed by atoms with Gasteiger partial charge in [0.15, 0.2) is 34.9 Å². The minimum absolute atomic E-state index is 1.85. The van der Waals surface area contributed by atoms with E-state index in [9.17, 15) is 43.9 Å². The molecule has 0 saturated heterocycles. The molecule has 0 aliphatic carbocycles. The molecule has 17 heteroatoms. The molecule has 29 heavy (non-hydrogen) atoms. The number of hydrogen-bond acceptors (Lipinski definition) is 2. The monoisotopic (exact) mass is 429 g/mol. The molecule has 0 amide bonds. The van der Waals surface area contributed by atoms with Crippen molar-refractivity contribution in [3.05, 3.63) is 79.1 Å². The van der Waals surface area contributed by atoms with E-state index in [2.05, 4.69) is 10.1 Å². The van der Waals surface area contributed by atoms with Crippen LogP contribution in [-0.2, 0) is 0 Å². The highest BCUT2D eigenvalue weighted by atomic mass is 19.2. The first-order chi connectivity index (χ1) is 13.5. The summed E-state index contributed by atoms with van der Waals surface area (Å²) in [6.07, 6.45) is -5.18. The minimum Gasteiger partial charge on any atom is -0.282 e. The quantitative estimate of drug-likeness (QED) is 0.132. The zero-order valence-electron chi connectivity index (χ0n) is 13.0. The molecule has 0 spiro atoms. The summed E-state index contributed by atoms with van der Waals surface area (Å²) in [6, 6.07) is 0. The van der Waals surface area contributed by atoms with Crippen LogP contribution in [0.4, 0.5) is 43.9 Å². The number of nitrogens with zero attached hydrogens (tertiary/aromatic N) is 6. The molecule has 0 radical (unpaired) electrons. The lowest BCUT2D eigenvalue weighted by Gasteiger charge is -2.34. The third-order valence-corrected chi connectivity index (χ3v) is 3.73. The average molecular weight is 429 g/mol. The SMILES string of the molecule is [N-]=[N+]=N[B-](N=[N+]=[N-])(c1c(F)c(F)c(F)c(F)c1F)c1c(F)c(F)c(F)c(F)c1F. The summed E-state index contributed by atoms with van der Waals surface area (Å²) in [4.78, 5) is 3.70. The Morgan fingerprint density at radius 3 is 0.862 bits per heavy atom. The predicted molar refractivity (Wildman–Crippen MR) is 75.8 cm³/mol. The Kier molecular flexibility index (Phi) is 5.58. The maximum Gasteiger partial charge on any atom is 0.228 e. The van der Waals surface area contributed by atoms with Crippen LogP contribution in [0, 0.1) is 58.2 Å². The Labute approximate surface area is 151 Å². The van der Waals surface area contributed by atoms with Crippen molar-refractivity contribution in [2.75, 3.05) is 0 Å². The molecule has 0 saturated carbocycles. The van der Waals surface area contributed by atoms with Crippen molar-refractivity contribution < 1.29 is 43.9 Å². The third-order valence-electron chi connectivity index (χ3n) is 3.73. The molecular weight excluding hydrogens is 429 g/mol. The van der Waals surface area contributed by atoms with Gasteiger partial charge in [-0.05, 0) is 20.9 Å². The van der Waals surface area contributed by atoms with Crippen molar-refractivity contribution in [2.24, 2.45) is 10.1 Å². The van der Waals surface area contributed by atoms with Crippen LogP contribution in [0.5, 0.6) is 0 Å². The van der Waals surface area contributed by atoms with Crippen molar-refractivity contribution in [3.63, 3.8) is 0 Å². The summed E-state index contributed by atoms with van der Waals surface area (Å²) < 4.78 is 137. The van der Waals surface area contributed by atoms with Crippen LogP contribution in [0.15, 0.2) is 10.1 Å². The molecule has 0 aromatic heterocycles. The highest BCUT2D eigenvalue weighted by Gasteiger charge is 2.42. The van der Waals surface area contributed by atoms with E-state index < -0.39 is 75.5 Å². The van der Waals surface area contributed by atoms with E-state index in [1.165, 1.54) is 0 Å². The van der Waals surface area contributed by atoms with Crippen LogP contribution in [-0.4, -0.2) is 6.42 Å². The van der Waals surface area contributed by atoms with Crippen molar-refractivity contribution in [3.8, 4) is 0 Å². The number of benzene rings is 2. The number of azide groups is 1. The van der Waals surface area contributed by atoms with Gasteiger partial charge in [-0.3, -0.25) is 10.1 Å². The standard InChI is InChI=1S/C12BF10N6/c14-3-1(4(15)8(19)11(22)7(3)18)13(26-28-24,27-29-25)2-5(16)9(20)12(23)10(21)6(2)17/q-1. The topological polar surface area (TPSA) is 97.5 Å². The van der Waals surface area contributed by atoms with E-state index in [0.29, 0.717) is 0 Å². The van der Waals surface area contributed by atoms with Crippen LogP contribution in [0.3, 0.4) is 0 Å². The second-order valence-electron chi connectivity index (χ2n) is 5.15. The summed E-state index contributed by atoms with van der Waals surface area (Å²) in [7, 11) is 0. The molecule has 6 nitrogen and oxygen atoms in total. The molecule has 152 valence electrons. The van der Waals surface area contributed by atoms with Crippen molar-refractivity contribution in [2.45, 2.75) is 0 Å². The zero-order valence-corrected chi connectivity index (χ0v) is 13.0. The van der Waals surface area contributed by atoms with Crippen molar-refractivity contribution in [1.29, 1.82) is 0 Å². The third kappa shape index (κ3) is 2.96. The lowest BCUT2D eigenvalue weighted by Crippen LogP contribution is -2.61. The molecule has 0 bridgehead atoms. The van der Waals surface area contributed by atoms with E-state index in [-0.39, 0.29) is 0 Å². The molecular formula is C12BF10N6-. The maximum absolute atomic E-state index is 14.2. The van der Waals surface area contributed by atoms with Gasteiger partial charge in [0.25, 0.3) is 0 Å². The molecule has 0 aliphatic rings. The van der Waals surface area contributed by atoms with E-state index in [1.54, 1.807) is 0 Å². The first kappa shape index (κ1) is 21.7. The Morgan fingerprint density at radius 2 is 0.655 bits per heavy atom. The predicted octanol–water partition coefficient (Wildman–Crippen LogP) is 4.25.